The van der Waals surface area contributed by atoms with Crippen molar-refractivity contribution in [2.45, 2.75) is 64.0 Å². The van der Waals surface area contributed by atoms with E-state index in [9.17, 15) is 0 Å². The van der Waals surface area contributed by atoms with Crippen molar-refractivity contribution in [3.8, 4) is 0 Å². The van der Waals surface area contributed by atoms with E-state index in [2.05, 4.69) is 22.0 Å². The fourth-order valence-electron chi connectivity index (χ4n) is 5.26. The minimum absolute atomic E-state index is 0. The zero-order valence-electron chi connectivity index (χ0n) is 15.7. The van der Waals surface area contributed by atoms with E-state index in [4.69, 9.17) is 9.73 Å². The summed E-state index contributed by atoms with van der Waals surface area (Å²) in [6.07, 6.45) is 9.97. The van der Waals surface area contributed by atoms with Crippen molar-refractivity contribution in [3.05, 3.63) is 0 Å². The van der Waals surface area contributed by atoms with Gasteiger partial charge in [-0.05, 0) is 51.0 Å². The molecule has 6 heteroatoms. The van der Waals surface area contributed by atoms with E-state index >= 15 is 0 Å². The number of guanidine groups is 1. The molecule has 25 heavy (non-hydrogen) atoms. The summed E-state index contributed by atoms with van der Waals surface area (Å²) in [6.45, 7) is 9.52. The van der Waals surface area contributed by atoms with Crippen LogP contribution >= 0.6 is 24.0 Å². The first kappa shape index (κ1) is 19.7. The quantitative estimate of drug-likeness (QED) is 0.398. The SMILES string of the molecule is CCNC(=NCC1CN2CCCC2CO1)N1CCC2(CCCC2)C1.I. The van der Waals surface area contributed by atoms with E-state index in [1.54, 1.807) is 0 Å². The molecule has 1 N–H and O–H groups in total. The van der Waals surface area contributed by atoms with Crippen LogP contribution in [0.25, 0.3) is 0 Å². The second kappa shape index (κ2) is 8.74. The van der Waals surface area contributed by atoms with E-state index in [0.29, 0.717) is 11.5 Å². The summed E-state index contributed by atoms with van der Waals surface area (Å²) in [6, 6.07) is 0.680. The molecule has 2 unspecified atom stereocenters. The number of nitrogens with zero attached hydrogens (tertiary/aromatic N) is 3. The van der Waals surface area contributed by atoms with Crippen LogP contribution in [-0.2, 0) is 4.74 Å². The fraction of sp³-hybridized carbons (Fsp3) is 0.947. The molecule has 0 aromatic heterocycles. The molecule has 0 aromatic rings. The summed E-state index contributed by atoms with van der Waals surface area (Å²) < 4.78 is 6.08. The zero-order valence-corrected chi connectivity index (χ0v) is 18.0. The van der Waals surface area contributed by atoms with Gasteiger partial charge in [0, 0.05) is 32.2 Å². The first-order valence-corrected chi connectivity index (χ1v) is 10.2. The van der Waals surface area contributed by atoms with Gasteiger partial charge < -0.3 is 15.0 Å². The van der Waals surface area contributed by atoms with Crippen molar-refractivity contribution in [1.29, 1.82) is 0 Å². The molecular formula is C19H35IN4O. The lowest BCUT2D eigenvalue weighted by Gasteiger charge is -2.34. The molecule has 2 atom stereocenters. The number of nitrogens with one attached hydrogen (secondary N) is 1. The Balaban J connectivity index is 0.00000182. The fourth-order valence-corrected chi connectivity index (χ4v) is 5.26. The molecule has 4 aliphatic rings. The van der Waals surface area contributed by atoms with E-state index < -0.39 is 0 Å². The predicted octanol–water partition coefficient (Wildman–Crippen LogP) is 2.70. The van der Waals surface area contributed by atoms with Crippen LogP contribution in [0.1, 0.15) is 51.9 Å². The van der Waals surface area contributed by atoms with E-state index in [0.717, 1.165) is 32.2 Å². The maximum absolute atomic E-state index is 6.08. The summed E-state index contributed by atoms with van der Waals surface area (Å²) in [4.78, 5) is 10.1. The van der Waals surface area contributed by atoms with Gasteiger partial charge in [0.15, 0.2) is 5.96 Å². The largest absolute Gasteiger partial charge is 0.373 e. The Bertz CT molecular complexity index is 466. The third-order valence-corrected chi connectivity index (χ3v) is 6.64. The Morgan fingerprint density at radius 3 is 2.84 bits per heavy atom. The zero-order chi connectivity index (χ0) is 16.4. The summed E-state index contributed by atoms with van der Waals surface area (Å²) in [5.41, 5.74) is 0.598. The van der Waals surface area contributed by atoms with Crippen molar-refractivity contribution < 1.29 is 4.74 Å². The number of rotatable bonds is 3. The number of morpholine rings is 1. The highest BCUT2D eigenvalue weighted by Gasteiger charge is 2.41. The predicted molar refractivity (Wildman–Crippen MR) is 113 cm³/mol. The lowest BCUT2D eigenvalue weighted by atomic mass is 9.86. The van der Waals surface area contributed by atoms with Crippen LogP contribution in [0.2, 0.25) is 0 Å². The second-order valence-corrected chi connectivity index (χ2v) is 8.32. The number of hydrogen-bond donors (Lipinski definition) is 1. The highest BCUT2D eigenvalue weighted by Crippen LogP contribution is 2.45. The van der Waals surface area contributed by atoms with Gasteiger partial charge in [-0.25, -0.2) is 0 Å². The van der Waals surface area contributed by atoms with E-state index in [1.165, 1.54) is 64.6 Å². The van der Waals surface area contributed by atoms with Gasteiger partial charge in [-0.1, -0.05) is 12.8 Å². The first-order chi connectivity index (χ1) is 11.8. The molecule has 0 amide bonds. The minimum Gasteiger partial charge on any atom is -0.373 e. The van der Waals surface area contributed by atoms with Crippen LogP contribution in [-0.4, -0.2) is 73.8 Å². The number of aliphatic imine (C=N–C) groups is 1. The van der Waals surface area contributed by atoms with Crippen LogP contribution in [0, 0.1) is 5.41 Å². The van der Waals surface area contributed by atoms with Gasteiger partial charge in [-0.2, -0.15) is 0 Å². The molecule has 3 aliphatic heterocycles. The monoisotopic (exact) mass is 462 g/mol. The van der Waals surface area contributed by atoms with Crippen LogP contribution in [0.5, 0.6) is 0 Å². The van der Waals surface area contributed by atoms with Crippen LogP contribution < -0.4 is 5.32 Å². The number of halogens is 1. The van der Waals surface area contributed by atoms with Crippen LogP contribution in [0.3, 0.4) is 0 Å². The summed E-state index contributed by atoms with van der Waals surface area (Å²) >= 11 is 0. The highest BCUT2D eigenvalue weighted by molar-refractivity contribution is 14.0. The van der Waals surface area contributed by atoms with Gasteiger partial charge in [0.2, 0.25) is 0 Å². The van der Waals surface area contributed by atoms with Crippen molar-refractivity contribution in [1.82, 2.24) is 15.1 Å². The third kappa shape index (κ3) is 4.43. The number of fused-ring (bicyclic) bond motifs is 1. The molecule has 0 bridgehead atoms. The Kier molecular flexibility index (Phi) is 6.88. The molecule has 1 saturated carbocycles. The molecular weight excluding hydrogens is 427 g/mol. The van der Waals surface area contributed by atoms with E-state index in [1.807, 2.05) is 0 Å². The Morgan fingerprint density at radius 1 is 1.20 bits per heavy atom. The van der Waals surface area contributed by atoms with Crippen molar-refractivity contribution in [2.24, 2.45) is 10.4 Å². The number of hydrogen-bond acceptors (Lipinski definition) is 3. The molecule has 144 valence electrons. The lowest BCUT2D eigenvalue weighted by Crippen LogP contribution is -2.48. The van der Waals surface area contributed by atoms with E-state index in [-0.39, 0.29) is 30.1 Å². The minimum atomic E-state index is 0. The Labute approximate surface area is 170 Å². The average molecular weight is 462 g/mol. The molecule has 3 saturated heterocycles. The lowest BCUT2D eigenvalue weighted by molar-refractivity contribution is -0.0432. The molecule has 0 aromatic carbocycles. The normalized spacial score (nSPS) is 32.0. The maximum Gasteiger partial charge on any atom is 0.194 e. The number of ether oxygens (including phenoxy) is 1. The third-order valence-electron chi connectivity index (χ3n) is 6.64. The molecule has 4 rings (SSSR count). The molecule has 1 spiro atoms. The van der Waals surface area contributed by atoms with Gasteiger partial charge in [0.05, 0.1) is 19.3 Å². The second-order valence-electron chi connectivity index (χ2n) is 8.32. The van der Waals surface area contributed by atoms with Crippen molar-refractivity contribution in [2.75, 3.05) is 45.9 Å². The Morgan fingerprint density at radius 2 is 2.04 bits per heavy atom. The molecule has 1 aliphatic carbocycles. The number of likely N-dealkylation sites (tertiary alicyclic amines) is 1. The smallest absolute Gasteiger partial charge is 0.194 e. The summed E-state index contributed by atoms with van der Waals surface area (Å²) in [5, 5.41) is 3.52. The van der Waals surface area contributed by atoms with Gasteiger partial charge in [0.1, 0.15) is 0 Å². The summed E-state index contributed by atoms with van der Waals surface area (Å²) in [7, 11) is 0. The average Bonchev–Trinajstić information content (AvgIpc) is 3.33. The van der Waals surface area contributed by atoms with Crippen molar-refractivity contribution in [3.63, 3.8) is 0 Å². The van der Waals surface area contributed by atoms with Gasteiger partial charge in [-0.3, -0.25) is 9.89 Å². The molecule has 0 radical (unpaired) electrons. The molecule has 5 nitrogen and oxygen atoms in total. The van der Waals surface area contributed by atoms with Gasteiger partial charge >= 0.3 is 0 Å². The van der Waals surface area contributed by atoms with Crippen LogP contribution in [0.4, 0.5) is 0 Å². The summed E-state index contributed by atoms with van der Waals surface area (Å²) in [5.74, 6) is 1.12. The Hall–Kier alpha value is -0.0800. The first-order valence-electron chi connectivity index (χ1n) is 10.2. The highest BCUT2D eigenvalue weighted by atomic mass is 127. The standard InChI is InChI=1S/C19H34N4O.HI/c1-2-20-18(23-11-9-19(15-23)7-3-4-8-19)21-12-17-13-22-10-5-6-16(22)14-24-17;/h16-17H,2-15H2,1H3,(H,20,21);1H. The van der Waals surface area contributed by atoms with Crippen LogP contribution in [0.15, 0.2) is 4.99 Å². The topological polar surface area (TPSA) is 40.1 Å². The molecule has 3 heterocycles. The van der Waals surface area contributed by atoms with Gasteiger partial charge in [-0.15, -0.1) is 24.0 Å². The van der Waals surface area contributed by atoms with Crippen molar-refractivity contribution >= 4 is 29.9 Å². The molecule has 4 fully saturated rings. The van der Waals surface area contributed by atoms with Gasteiger partial charge in [0.25, 0.3) is 0 Å². The maximum atomic E-state index is 6.08.